The Morgan fingerprint density at radius 3 is 2.32 bits per heavy atom. The first kappa shape index (κ1) is 22.7. The first-order valence-electron chi connectivity index (χ1n) is 10.6. The van der Waals surface area contributed by atoms with E-state index in [1.54, 1.807) is 11.0 Å². The first-order valence-corrected chi connectivity index (χ1v) is 10.6. The lowest BCUT2D eigenvalue weighted by molar-refractivity contribution is -0.142. The monoisotopic (exact) mass is 426 g/mol. The number of hydrogen-bond donors (Lipinski definition) is 0. The summed E-state index contributed by atoms with van der Waals surface area (Å²) >= 11 is 0. The molecular weight excluding hydrogens is 396 g/mol. The largest absolute Gasteiger partial charge is 0.461 e. The summed E-state index contributed by atoms with van der Waals surface area (Å²) in [6.07, 6.45) is 0.784. The van der Waals surface area contributed by atoms with Crippen LogP contribution in [0.5, 0.6) is 0 Å². The molecule has 0 saturated carbocycles. The molecule has 7 nitrogen and oxygen atoms in total. The predicted molar refractivity (Wildman–Crippen MR) is 116 cm³/mol. The minimum absolute atomic E-state index is 0.123. The molecule has 0 aliphatic carbocycles. The number of benzene rings is 1. The molecule has 1 aromatic heterocycles. The van der Waals surface area contributed by atoms with Gasteiger partial charge in [0, 0.05) is 38.7 Å². The van der Waals surface area contributed by atoms with Crippen LogP contribution in [0.15, 0.2) is 28.7 Å². The van der Waals surface area contributed by atoms with Gasteiger partial charge in [-0.15, -0.1) is 0 Å². The summed E-state index contributed by atoms with van der Waals surface area (Å²) < 4.78 is 10.7. The topological polar surface area (TPSA) is 80.1 Å². The number of esters is 1. The molecule has 0 radical (unpaired) electrons. The Kier molecular flexibility index (Phi) is 7.28. The van der Waals surface area contributed by atoms with Gasteiger partial charge in [0.1, 0.15) is 18.1 Å². The van der Waals surface area contributed by atoms with Crippen molar-refractivity contribution in [2.24, 2.45) is 0 Å². The highest BCUT2D eigenvalue weighted by Crippen LogP contribution is 2.19. The van der Waals surface area contributed by atoms with Gasteiger partial charge in [-0.05, 0) is 50.5 Å². The summed E-state index contributed by atoms with van der Waals surface area (Å²) in [6.45, 7) is 10.3. The number of ketones is 1. The van der Waals surface area contributed by atoms with Crippen molar-refractivity contribution in [1.82, 2.24) is 9.80 Å². The zero-order valence-corrected chi connectivity index (χ0v) is 18.7. The van der Waals surface area contributed by atoms with E-state index in [-0.39, 0.29) is 12.6 Å². The van der Waals surface area contributed by atoms with Crippen LogP contribution in [-0.4, -0.2) is 53.6 Å². The van der Waals surface area contributed by atoms with E-state index in [1.807, 2.05) is 39.0 Å². The Balaban J connectivity index is 1.59. The van der Waals surface area contributed by atoms with Gasteiger partial charge in [-0.3, -0.25) is 19.3 Å². The van der Waals surface area contributed by atoms with Crippen molar-refractivity contribution in [3.8, 4) is 0 Å². The molecule has 1 fully saturated rings. The quantitative estimate of drug-likeness (QED) is 0.401. The second-order valence-electron chi connectivity index (χ2n) is 8.17. The van der Waals surface area contributed by atoms with Gasteiger partial charge >= 0.3 is 5.97 Å². The van der Waals surface area contributed by atoms with E-state index in [9.17, 15) is 14.4 Å². The van der Waals surface area contributed by atoms with E-state index >= 15 is 0 Å². The summed E-state index contributed by atoms with van der Waals surface area (Å²) in [5.41, 5.74) is 3.29. The average Bonchev–Trinajstić information content (AvgIpc) is 3.01. The van der Waals surface area contributed by atoms with Gasteiger partial charge in [0.05, 0.1) is 6.54 Å². The number of aryl methyl sites for hydroxylation is 3. The van der Waals surface area contributed by atoms with Crippen LogP contribution in [0.4, 0.5) is 0 Å². The number of furan rings is 1. The van der Waals surface area contributed by atoms with Crippen molar-refractivity contribution in [2.75, 3.05) is 26.2 Å². The Morgan fingerprint density at radius 2 is 1.65 bits per heavy atom. The summed E-state index contributed by atoms with van der Waals surface area (Å²) in [5.74, 6) is 0.180. The summed E-state index contributed by atoms with van der Waals surface area (Å²) in [4.78, 5) is 40.7. The normalized spacial score (nSPS) is 14.9. The number of carbonyl (C=O) groups is 3. The van der Waals surface area contributed by atoms with E-state index in [1.165, 1.54) is 6.92 Å². The number of ether oxygens (including phenoxy) is 1. The number of Topliss-reactive ketones (excluding diaryl/α,β-unsaturated/α-hetero) is 1. The Morgan fingerprint density at radius 1 is 0.968 bits per heavy atom. The number of nitrogens with zero attached hydrogens (tertiary/aromatic N) is 2. The molecule has 0 N–H and O–H groups in total. The minimum Gasteiger partial charge on any atom is -0.461 e. The van der Waals surface area contributed by atoms with Gasteiger partial charge < -0.3 is 14.1 Å². The van der Waals surface area contributed by atoms with Crippen molar-refractivity contribution < 1.29 is 23.5 Å². The smallest absolute Gasteiger partial charge is 0.303 e. The third-order valence-corrected chi connectivity index (χ3v) is 5.49. The zero-order valence-electron chi connectivity index (χ0n) is 18.7. The van der Waals surface area contributed by atoms with Gasteiger partial charge in [0.15, 0.2) is 0 Å². The number of carbonyl (C=O) groups excluding carboxylic acids is 3. The Labute approximate surface area is 183 Å². The lowest BCUT2D eigenvalue weighted by Gasteiger charge is -2.21. The SMILES string of the molecule is CC(=O)OCc1ccc(CN2CCCN(C(=O)C(=O)c3c(C)cc(C)cc3C)CC2)o1. The van der Waals surface area contributed by atoms with E-state index in [0.29, 0.717) is 37.5 Å². The molecule has 1 aromatic carbocycles. The van der Waals surface area contributed by atoms with Crippen LogP contribution in [0.1, 0.15) is 51.9 Å². The fraction of sp³-hybridized carbons (Fsp3) is 0.458. The highest BCUT2D eigenvalue weighted by Gasteiger charge is 2.27. The second-order valence-corrected chi connectivity index (χ2v) is 8.17. The van der Waals surface area contributed by atoms with Gasteiger partial charge in [-0.2, -0.15) is 0 Å². The van der Waals surface area contributed by atoms with E-state index in [0.717, 1.165) is 35.4 Å². The molecule has 0 unspecified atom stereocenters. The summed E-state index contributed by atoms with van der Waals surface area (Å²) in [6, 6.07) is 7.56. The van der Waals surface area contributed by atoms with E-state index in [2.05, 4.69) is 4.90 Å². The molecule has 7 heteroatoms. The average molecular weight is 427 g/mol. The maximum absolute atomic E-state index is 12.9. The van der Waals surface area contributed by atoms with Gasteiger partial charge in [-0.25, -0.2) is 0 Å². The molecule has 2 heterocycles. The number of rotatable bonds is 6. The van der Waals surface area contributed by atoms with Crippen LogP contribution >= 0.6 is 0 Å². The third-order valence-electron chi connectivity index (χ3n) is 5.49. The first-order chi connectivity index (χ1) is 14.7. The molecule has 3 rings (SSSR count). The lowest BCUT2D eigenvalue weighted by atomic mass is 9.96. The molecule has 1 aliphatic heterocycles. The maximum atomic E-state index is 12.9. The molecule has 166 valence electrons. The van der Waals surface area contributed by atoms with Gasteiger partial charge in [-0.1, -0.05) is 17.7 Å². The van der Waals surface area contributed by atoms with E-state index < -0.39 is 11.7 Å². The van der Waals surface area contributed by atoms with Crippen LogP contribution in [0.2, 0.25) is 0 Å². The molecule has 1 amide bonds. The Hall–Kier alpha value is -2.93. The van der Waals surface area contributed by atoms with Crippen molar-refractivity contribution in [3.63, 3.8) is 0 Å². The lowest BCUT2D eigenvalue weighted by Crippen LogP contribution is -2.39. The third kappa shape index (κ3) is 5.82. The fourth-order valence-corrected chi connectivity index (χ4v) is 4.10. The van der Waals surface area contributed by atoms with Crippen LogP contribution < -0.4 is 0 Å². The van der Waals surface area contributed by atoms with E-state index in [4.69, 9.17) is 9.15 Å². The van der Waals surface area contributed by atoms with Gasteiger partial charge in [0.25, 0.3) is 11.7 Å². The van der Waals surface area contributed by atoms with Crippen LogP contribution in [-0.2, 0) is 27.5 Å². The maximum Gasteiger partial charge on any atom is 0.303 e. The van der Waals surface area contributed by atoms with Crippen LogP contribution in [0, 0.1) is 20.8 Å². The molecular formula is C24H30N2O5. The standard InChI is InChI=1S/C24H30N2O5/c1-16-12-17(2)22(18(3)13-16)23(28)24(29)26-9-5-8-25(10-11-26)14-20-6-7-21(31-20)15-30-19(4)27/h6-7,12-13H,5,8-11,14-15H2,1-4H3. The molecule has 1 aliphatic rings. The Bertz CT molecular complexity index is 955. The van der Waals surface area contributed by atoms with Crippen LogP contribution in [0.25, 0.3) is 0 Å². The second kappa shape index (κ2) is 9.92. The molecule has 1 saturated heterocycles. The van der Waals surface area contributed by atoms with Crippen LogP contribution in [0.3, 0.4) is 0 Å². The molecule has 0 spiro atoms. The molecule has 31 heavy (non-hydrogen) atoms. The predicted octanol–water partition coefficient (Wildman–Crippen LogP) is 3.19. The molecule has 0 atom stereocenters. The minimum atomic E-state index is -0.432. The van der Waals surface area contributed by atoms with Gasteiger partial charge in [0.2, 0.25) is 0 Å². The van der Waals surface area contributed by atoms with Crippen molar-refractivity contribution >= 4 is 17.7 Å². The molecule has 2 aromatic rings. The summed E-state index contributed by atoms with van der Waals surface area (Å²) in [7, 11) is 0. The van der Waals surface area contributed by atoms with Crippen molar-refractivity contribution in [1.29, 1.82) is 0 Å². The fourth-order valence-electron chi connectivity index (χ4n) is 4.10. The highest BCUT2D eigenvalue weighted by molar-refractivity contribution is 6.43. The number of amides is 1. The summed E-state index contributed by atoms with van der Waals surface area (Å²) in [5, 5.41) is 0. The zero-order chi connectivity index (χ0) is 22.5. The molecule has 0 bridgehead atoms. The van der Waals surface area contributed by atoms with Crippen molar-refractivity contribution in [2.45, 2.75) is 47.3 Å². The van der Waals surface area contributed by atoms with Crippen molar-refractivity contribution in [3.05, 3.63) is 58.0 Å². The number of hydrogen-bond acceptors (Lipinski definition) is 6. The highest BCUT2D eigenvalue weighted by atomic mass is 16.5.